The number of hydrogen-bond donors (Lipinski definition) is 24. The molecule has 8 rings (SSSR count). The molecule has 2 aliphatic heterocycles. The van der Waals surface area contributed by atoms with Gasteiger partial charge in [0.2, 0.25) is 70.0 Å². The fraction of sp³-hybridized carbons (Fsp3) is 0.458. The molecule has 0 amide bonds. The molecule has 0 radical (unpaired) electrons. The summed E-state index contributed by atoms with van der Waals surface area (Å²) in [5.41, 5.74) is -16.3. The van der Waals surface area contributed by atoms with Gasteiger partial charge in [-0.1, -0.05) is 30.3 Å². The first-order chi connectivity index (χ1) is 37.3. The number of phenols is 8. The molecule has 2 heterocycles. The molecular formula is C48H56N2O31. The van der Waals surface area contributed by atoms with Crippen molar-refractivity contribution < 1.29 is 156 Å². The third-order valence-electron chi connectivity index (χ3n) is 15.5. The van der Waals surface area contributed by atoms with Crippen molar-refractivity contribution in [2.24, 2.45) is 11.8 Å². The summed E-state index contributed by atoms with van der Waals surface area (Å²) in [6.07, 6.45) is -1.02. The highest BCUT2D eigenvalue weighted by atomic mass is 16.7. The van der Waals surface area contributed by atoms with Gasteiger partial charge in [0.15, 0.2) is 45.9 Å². The fourth-order valence-electron chi connectivity index (χ4n) is 11.2. The van der Waals surface area contributed by atoms with Gasteiger partial charge in [-0.25, -0.2) is 0 Å². The van der Waals surface area contributed by atoms with Crippen molar-refractivity contribution in [1.82, 2.24) is 9.80 Å². The first-order valence-electron chi connectivity index (χ1n) is 23.6. The highest BCUT2D eigenvalue weighted by Crippen LogP contribution is 2.64. The maximum absolute atomic E-state index is 13.9. The summed E-state index contributed by atoms with van der Waals surface area (Å²) in [5, 5.41) is 271. The fourth-order valence-corrected chi connectivity index (χ4v) is 11.2. The van der Waals surface area contributed by atoms with Crippen LogP contribution >= 0.6 is 0 Å². The van der Waals surface area contributed by atoms with Crippen LogP contribution in [0.2, 0.25) is 0 Å². The predicted octanol–water partition coefficient (Wildman–Crippen LogP) is -6.34. The Morgan fingerprint density at radius 3 is 1.56 bits per heavy atom. The Balaban J connectivity index is 1.08. The lowest BCUT2D eigenvalue weighted by atomic mass is 9.63. The Kier molecular flexibility index (Phi) is 14.3. The van der Waals surface area contributed by atoms with Gasteiger partial charge < -0.3 is 146 Å². The summed E-state index contributed by atoms with van der Waals surface area (Å²) >= 11 is 0. The number of ketones is 2. The molecule has 33 heteroatoms. The van der Waals surface area contributed by atoms with Crippen LogP contribution in [0.4, 0.5) is 0 Å². The molecule has 4 aromatic carbocycles. The zero-order valence-electron chi connectivity index (χ0n) is 42.2. The van der Waals surface area contributed by atoms with Gasteiger partial charge in [-0.3, -0.25) is 14.5 Å². The van der Waals surface area contributed by atoms with Crippen LogP contribution in [0, 0.1) is 11.8 Å². The minimum Gasteiger partial charge on any atom is -0.504 e. The van der Waals surface area contributed by atoms with E-state index in [1.165, 1.54) is 0 Å². The maximum Gasteiger partial charge on any atom is 0.294 e. The van der Waals surface area contributed by atoms with Crippen molar-refractivity contribution in [3.63, 3.8) is 0 Å². The monoisotopic (exact) mass is 1160 g/mol. The van der Waals surface area contributed by atoms with Crippen molar-refractivity contribution in [2.75, 3.05) is 41.2 Å². The Morgan fingerprint density at radius 2 is 1.05 bits per heavy atom. The van der Waals surface area contributed by atoms with Crippen molar-refractivity contribution in [2.45, 2.75) is 84.3 Å². The number of likely N-dealkylation sites (tertiary alicyclic amines) is 2. The van der Waals surface area contributed by atoms with Gasteiger partial charge in [-0.2, -0.15) is 0 Å². The van der Waals surface area contributed by atoms with Gasteiger partial charge in [0.05, 0.1) is 43.9 Å². The van der Waals surface area contributed by atoms with E-state index >= 15 is 0 Å². The van der Waals surface area contributed by atoms with E-state index in [1.807, 2.05) is 30.3 Å². The molecule has 0 spiro atoms. The Labute approximate surface area is 452 Å². The Bertz CT molecular complexity index is 3150. The first-order valence-corrected chi connectivity index (χ1v) is 23.6. The third kappa shape index (κ3) is 7.86. The topological polar surface area (TPSA) is 572 Å². The SMILES string of the molecule is COc1c(O)c2c(c(O)c1OC)C(=O)C(O)(C(O)(O)C1(O)C(O)(O)C(O)(O)N(C(O)(O)c3c(O)c(O)c(OCOc4c(O)c5c(c(O)c4OC)C(O)(O)C(CC4CCN(Cc6ccccc6)CC4)C5=O)c(O)c3O)C(O)(O)C1(O)O)C2. The number of piperidine rings is 2. The van der Waals surface area contributed by atoms with Crippen molar-refractivity contribution in [3.8, 4) is 74.7 Å². The second-order valence-corrected chi connectivity index (χ2v) is 19.9. The highest BCUT2D eigenvalue weighted by molar-refractivity contribution is 6.11. The normalized spacial score (nSPS) is 23.0. The Hall–Kier alpha value is -7.10. The minimum absolute atomic E-state index is 0.136. The van der Waals surface area contributed by atoms with Crippen LogP contribution in [-0.4, -0.2) is 226 Å². The van der Waals surface area contributed by atoms with E-state index in [-0.39, 0.29) is 12.3 Å². The molecule has 0 saturated carbocycles. The molecule has 81 heavy (non-hydrogen) atoms. The van der Waals surface area contributed by atoms with E-state index in [1.54, 1.807) is 0 Å². The number of fused-ring (bicyclic) bond motifs is 2. The Morgan fingerprint density at radius 1 is 0.580 bits per heavy atom. The van der Waals surface area contributed by atoms with Crippen molar-refractivity contribution >= 4 is 11.6 Å². The summed E-state index contributed by atoms with van der Waals surface area (Å²) in [6, 6.07) is 9.57. The van der Waals surface area contributed by atoms with Crippen LogP contribution in [0.25, 0.3) is 0 Å². The van der Waals surface area contributed by atoms with Gasteiger partial charge in [0.25, 0.3) is 29.3 Å². The summed E-state index contributed by atoms with van der Waals surface area (Å²) in [4.78, 5) is 27.9. The summed E-state index contributed by atoms with van der Waals surface area (Å²) < 4.78 is 25.2. The van der Waals surface area contributed by atoms with Gasteiger partial charge in [-0.05, 0) is 43.8 Å². The molecule has 4 aliphatic rings. The van der Waals surface area contributed by atoms with E-state index in [0.29, 0.717) is 32.5 Å². The number of methoxy groups -OCH3 is 3. The number of carbonyl (C=O) groups excluding carboxylic acids is 2. The predicted molar refractivity (Wildman–Crippen MR) is 253 cm³/mol. The standard InChI is InChI=1S/C48H56N2O31/c1-77-35-25(51)19-14-40(61,39(60)21(19)27(53)36(35)78-2)44(67,68)43(66)45(69,70)47(73,74)50(48(75,76)46(43,71)72)42(64,65)24-29(55)32(58)34(33(59)30(24)56)80-16-81-38-28(54)22-23(31(57)37(38)79-3)41(62,63)20(26(22)52)13-17-9-11-49(12-10-17)15-18-7-5-4-6-8-18/h4-8,17,20,51,53-59,61-76H,9-16H2,1-3H3. The second-order valence-electron chi connectivity index (χ2n) is 19.9. The molecule has 33 nitrogen and oxygen atoms in total. The zero-order chi connectivity index (χ0) is 60.7. The van der Waals surface area contributed by atoms with Crippen LogP contribution < -0.4 is 23.7 Å². The van der Waals surface area contributed by atoms with Crippen LogP contribution in [0.3, 0.4) is 0 Å². The van der Waals surface area contributed by atoms with Crippen molar-refractivity contribution in [3.05, 3.63) is 63.7 Å². The van der Waals surface area contributed by atoms with Crippen molar-refractivity contribution in [1.29, 1.82) is 0 Å². The molecule has 2 saturated heterocycles. The van der Waals surface area contributed by atoms with E-state index in [0.717, 1.165) is 26.9 Å². The molecule has 0 bridgehead atoms. The third-order valence-corrected chi connectivity index (χ3v) is 15.5. The summed E-state index contributed by atoms with van der Waals surface area (Å²) in [5.74, 6) is -62.4. The molecule has 444 valence electrons. The number of aromatic hydroxyl groups is 8. The van der Waals surface area contributed by atoms with E-state index < -0.39 is 190 Å². The lowest BCUT2D eigenvalue weighted by Gasteiger charge is -2.67. The molecule has 24 N–H and O–H groups in total. The zero-order valence-corrected chi connectivity index (χ0v) is 42.2. The first kappa shape index (κ1) is 60.0. The summed E-state index contributed by atoms with van der Waals surface area (Å²) in [7, 11) is 2.55. The molecule has 2 unspecified atom stereocenters. The lowest BCUT2D eigenvalue weighted by Crippen LogP contribution is -3.00. The number of carbonyl (C=O) groups is 2. The van der Waals surface area contributed by atoms with Gasteiger partial charge in [0.1, 0.15) is 5.56 Å². The van der Waals surface area contributed by atoms with Crippen LogP contribution in [0.15, 0.2) is 30.3 Å². The van der Waals surface area contributed by atoms with Crippen LogP contribution in [0.1, 0.15) is 62.2 Å². The van der Waals surface area contributed by atoms with Gasteiger partial charge in [-0.15, -0.1) is 4.90 Å². The summed E-state index contributed by atoms with van der Waals surface area (Å²) in [6.45, 7) is 0.275. The number of ether oxygens (including phenoxy) is 5. The number of Topliss-reactive ketones (excluding diaryl/α,β-unsaturated/α-hetero) is 2. The molecular weight excluding hydrogens is 1100 g/mol. The number of benzene rings is 4. The van der Waals surface area contributed by atoms with Crippen LogP contribution in [-0.2, 0) is 24.7 Å². The largest absolute Gasteiger partial charge is 0.504 e. The maximum atomic E-state index is 13.9. The average molecular weight is 1160 g/mol. The lowest BCUT2D eigenvalue weighted by molar-refractivity contribution is -0.648. The molecule has 0 aromatic heterocycles. The van der Waals surface area contributed by atoms with Gasteiger partial charge in [0, 0.05) is 18.5 Å². The van der Waals surface area contributed by atoms with Gasteiger partial charge >= 0.3 is 0 Å². The second kappa shape index (κ2) is 19.3. The highest BCUT2D eigenvalue weighted by Gasteiger charge is 2.94. The molecule has 2 aliphatic carbocycles. The number of aliphatic hydroxyl groups is 16. The quantitative estimate of drug-likeness (QED) is 0.0299. The number of phenolic OH excluding ortho intramolecular Hbond substituents is 8. The number of nitrogens with zero attached hydrogens (tertiary/aromatic N) is 2. The number of rotatable bonds is 15. The molecule has 2 atom stereocenters. The van der Waals surface area contributed by atoms with E-state index in [4.69, 9.17) is 23.7 Å². The molecule has 4 aromatic rings. The average Bonchev–Trinajstić information content (AvgIpc) is 2.95. The van der Waals surface area contributed by atoms with E-state index in [9.17, 15) is 132 Å². The molecule has 2 fully saturated rings. The van der Waals surface area contributed by atoms with E-state index in [2.05, 4.69) is 4.90 Å². The van der Waals surface area contributed by atoms with Crippen LogP contribution in [0.5, 0.6) is 74.7 Å². The smallest absolute Gasteiger partial charge is 0.294 e. The number of hydrogen-bond acceptors (Lipinski definition) is 33. The minimum atomic E-state index is -6.01.